The number of thiazole rings is 1. The van der Waals surface area contributed by atoms with Crippen LogP contribution in [0.15, 0.2) is 18.2 Å². The minimum absolute atomic E-state index is 0.129. The quantitative estimate of drug-likeness (QED) is 0.747. The maximum absolute atomic E-state index is 12.8. The molecule has 7 nitrogen and oxygen atoms in total. The van der Waals surface area contributed by atoms with Crippen molar-refractivity contribution in [1.82, 2.24) is 14.5 Å². The van der Waals surface area contributed by atoms with Gasteiger partial charge in [-0.25, -0.2) is 9.97 Å². The second-order valence-electron chi connectivity index (χ2n) is 6.57. The van der Waals surface area contributed by atoms with Crippen molar-refractivity contribution in [3.63, 3.8) is 0 Å². The van der Waals surface area contributed by atoms with Crippen LogP contribution in [0.3, 0.4) is 0 Å². The molecule has 0 aliphatic carbocycles. The van der Waals surface area contributed by atoms with Crippen molar-refractivity contribution in [2.75, 3.05) is 36.5 Å². The number of ether oxygens (including phenoxy) is 1. The van der Waals surface area contributed by atoms with Gasteiger partial charge in [0.1, 0.15) is 10.7 Å². The lowest BCUT2D eigenvalue weighted by Crippen LogP contribution is -2.36. The zero-order chi connectivity index (χ0) is 19.0. The number of carbonyl (C=O) groups is 1. The summed E-state index contributed by atoms with van der Waals surface area (Å²) in [5.74, 6) is 0.847. The number of hydrogen-bond donors (Lipinski definition) is 1. The van der Waals surface area contributed by atoms with Crippen LogP contribution in [0.1, 0.15) is 28.1 Å². The summed E-state index contributed by atoms with van der Waals surface area (Å²) in [6, 6.07) is 5.85. The van der Waals surface area contributed by atoms with Crippen molar-refractivity contribution in [2.45, 2.75) is 27.3 Å². The van der Waals surface area contributed by atoms with E-state index in [0.29, 0.717) is 18.1 Å². The number of nitrogens with one attached hydrogen (secondary N) is 1. The highest BCUT2D eigenvalue weighted by atomic mass is 32.1. The molecular formula is C19H23N5O2S. The zero-order valence-corrected chi connectivity index (χ0v) is 16.6. The molecule has 1 amide bonds. The maximum atomic E-state index is 12.8. The SMILES string of the molecule is CCn1c(C)nc2cc(NC(=O)c3sc(N4CCOCC4)nc3C)ccc21. The van der Waals surface area contributed by atoms with Gasteiger partial charge in [0.2, 0.25) is 0 Å². The van der Waals surface area contributed by atoms with Crippen molar-refractivity contribution in [2.24, 2.45) is 0 Å². The Balaban J connectivity index is 1.55. The van der Waals surface area contributed by atoms with E-state index in [9.17, 15) is 4.79 Å². The number of benzene rings is 1. The summed E-state index contributed by atoms with van der Waals surface area (Å²) < 4.78 is 7.54. The number of aromatic nitrogens is 3. The molecule has 3 heterocycles. The van der Waals surface area contributed by atoms with E-state index in [2.05, 4.69) is 31.7 Å². The fourth-order valence-corrected chi connectivity index (χ4v) is 4.41. The fraction of sp³-hybridized carbons (Fsp3) is 0.421. The Morgan fingerprint density at radius 1 is 1.26 bits per heavy atom. The molecule has 0 radical (unpaired) electrons. The van der Waals surface area contributed by atoms with Gasteiger partial charge in [0, 0.05) is 25.3 Å². The van der Waals surface area contributed by atoms with Crippen LogP contribution in [0.2, 0.25) is 0 Å². The van der Waals surface area contributed by atoms with E-state index < -0.39 is 0 Å². The lowest BCUT2D eigenvalue weighted by atomic mass is 10.2. The maximum Gasteiger partial charge on any atom is 0.267 e. The minimum Gasteiger partial charge on any atom is -0.378 e. The summed E-state index contributed by atoms with van der Waals surface area (Å²) in [5.41, 5.74) is 3.47. The average Bonchev–Trinajstić information content (AvgIpc) is 3.21. The van der Waals surface area contributed by atoms with E-state index in [4.69, 9.17) is 4.74 Å². The molecule has 0 atom stereocenters. The predicted octanol–water partition coefficient (Wildman–Crippen LogP) is 3.22. The van der Waals surface area contributed by atoms with Crippen LogP contribution in [0.4, 0.5) is 10.8 Å². The van der Waals surface area contributed by atoms with Crippen LogP contribution in [0.25, 0.3) is 11.0 Å². The van der Waals surface area contributed by atoms with Crippen LogP contribution in [0.5, 0.6) is 0 Å². The molecule has 3 aromatic rings. The molecule has 27 heavy (non-hydrogen) atoms. The Morgan fingerprint density at radius 2 is 2.04 bits per heavy atom. The molecule has 0 saturated carbocycles. The lowest BCUT2D eigenvalue weighted by Gasteiger charge is -2.25. The van der Waals surface area contributed by atoms with Gasteiger partial charge < -0.3 is 19.5 Å². The topological polar surface area (TPSA) is 72.3 Å². The number of carbonyl (C=O) groups excluding carboxylic acids is 1. The van der Waals surface area contributed by atoms with E-state index in [1.165, 1.54) is 11.3 Å². The fourth-order valence-electron chi connectivity index (χ4n) is 3.40. The van der Waals surface area contributed by atoms with Gasteiger partial charge in [-0.05, 0) is 39.0 Å². The van der Waals surface area contributed by atoms with Crippen molar-refractivity contribution in [3.8, 4) is 0 Å². The van der Waals surface area contributed by atoms with Crippen molar-refractivity contribution >= 4 is 39.1 Å². The van der Waals surface area contributed by atoms with Crippen LogP contribution in [0, 0.1) is 13.8 Å². The molecule has 1 saturated heterocycles. The smallest absolute Gasteiger partial charge is 0.267 e. The highest BCUT2D eigenvalue weighted by molar-refractivity contribution is 7.17. The molecule has 1 fully saturated rings. The van der Waals surface area contributed by atoms with Crippen LogP contribution in [-0.4, -0.2) is 46.7 Å². The first-order valence-corrected chi connectivity index (χ1v) is 9.97. The van der Waals surface area contributed by atoms with Gasteiger partial charge in [-0.2, -0.15) is 0 Å². The lowest BCUT2D eigenvalue weighted by molar-refractivity contribution is 0.103. The molecule has 1 aliphatic heterocycles. The first kappa shape index (κ1) is 17.9. The Kier molecular flexibility index (Phi) is 4.84. The predicted molar refractivity (Wildman–Crippen MR) is 108 cm³/mol. The third kappa shape index (κ3) is 3.42. The van der Waals surface area contributed by atoms with Crippen LogP contribution >= 0.6 is 11.3 Å². The van der Waals surface area contributed by atoms with Crippen LogP contribution in [-0.2, 0) is 11.3 Å². The average molecular weight is 385 g/mol. The molecule has 1 aromatic carbocycles. The summed E-state index contributed by atoms with van der Waals surface area (Å²) in [7, 11) is 0. The molecule has 0 bridgehead atoms. The third-order valence-corrected chi connectivity index (χ3v) is 6.00. The number of aryl methyl sites for hydroxylation is 3. The van der Waals surface area contributed by atoms with Gasteiger partial charge >= 0.3 is 0 Å². The zero-order valence-electron chi connectivity index (χ0n) is 15.8. The minimum atomic E-state index is -0.129. The second kappa shape index (κ2) is 7.28. The van der Waals surface area contributed by atoms with Gasteiger partial charge in [-0.3, -0.25) is 4.79 Å². The largest absolute Gasteiger partial charge is 0.378 e. The molecule has 8 heteroatoms. The second-order valence-corrected chi connectivity index (χ2v) is 7.55. The molecule has 4 rings (SSSR count). The summed E-state index contributed by atoms with van der Waals surface area (Å²) in [4.78, 5) is 24.8. The van der Waals surface area contributed by atoms with E-state index in [-0.39, 0.29) is 5.91 Å². The summed E-state index contributed by atoms with van der Waals surface area (Å²) in [6.07, 6.45) is 0. The van der Waals surface area contributed by atoms with Gasteiger partial charge in [0.05, 0.1) is 29.9 Å². The number of amides is 1. The number of nitrogens with zero attached hydrogens (tertiary/aromatic N) is 4. The van der Waals surface area contributed by atoms with Crippen molar-refractivity contribution in [3.05, 3.63) is 34.6 Å². The molecule has 1 aliphatic rings. The van der Waals surface area contributed by atoms with Crippen molar-refractivity contribution < 1.29 is 9.53 Å². The van der Waals surface area contributed by atoms with Gasteiger partial charge in [0.25, 0.3) is 5.91 Å². The number of imidazole rings is 1. The first-order chi connectivity index (χ1) is 13.1. The molecule has 2 aromatic heterocycles. The molecule has 142 valence electrons. The summed E-state index contributed by atoms with van der Waals surface area (Å²) in [6.45, 7) is 9.86. The number of fused-ring (bicyclic) bond motifs is 1. The highest BCUT2D eigenvalue weighted by Crippen LogP contribution is 2.28. The highest BCUT2D eigenvalue weighted by Gasteiger charge is 2.20. The number of anilines is 2. The standard InChI is InChI=1S/C19H23N5O2S/c1-4-24-13(3)21-15-11-14(5-6-16(15)24)22-18(25)17-12(2)20-19(27-17)23-7-9-26-10-8-23/h5-6,11H,4,7-10H2,1-3H3,(H,22,25). The first-order valence-electron chi connectivity index (χ1n) is 9.15. The van der Waals surface area contributed by atoms with Crippen LogP contribution < -0.4 is 10.2 Å². The summed E-state index contributed by atoms with van der Waals surface area (Å²) >= 11 is 1.43. The normalized spacial score (nSPS) is 14.7. The monoisotopic (exact) mass is 385 g/mol. The van der Waals surface area contributed by atoms with E-state index in [1.807, 2.05) is 32.0 Å². The van der Waals surface area contributed by atoms with E-state index >= 15 is 0 Å². The Hall–Kier alpha value is -2.45. The van der Waals surface area contributed by atoms with E-state index in [0.717, 1.165) is 53.0 Å². The number of rotatable bonds is 4. The Labute approximate surface area is 162 Å². The van der Waals surface area contributed by atoms with Gasteiger partial charge in [-0.1, -0.05) is 11.3 Å². The van der Waals surface area contributed by atoms with E-state index in [1.54, 1.807) is 0 Å². The third-order valence-electron chi connectivity index (χ3n) is 4.79. The summed E-state index contributed by atoms with van der Waals surface area (Å²) in [5, 5.41) is 3.88. The molecule has 0 unspecified atom stereocenters. The molecule has 0 spiro atoms. The van der Waals surface area contributed by atoms with Gasteiger partial charge in [0.15, 0.2) is 5.13 Å². The molecular weight excluding hydrogens is 362 g/mol. The number of morpholine rings is 1. The molecule has 1 N–H and O–H groups in total. The number of hydrogen-bond acceptors (Lipinski definition) is 6. The Morgan fingerprint density at radius 3 is 2.78 bits per heavy atom. The van der Waals surface area contributed by atoms with Crippen molar-refractivity contribution in [1.29, 1.82) is 0 Å². The van der Waals surface area contributed by atoms with Gasteiger partial charge in [-0.15, -0.1) is 0 Å². The Bertz CT molecular complexity index is 988.